The van der Waals surface area contributed by atoms with E-state index in [0.717, 1.165) is 22.3 Å². The van der Waals surface area contributed by atoms with Crippen molar-refractivity contribution >= 4 is 69.4 Å². The Labute approximate surface area is 732 Å². The number of benzene rings is 2. The number of oxazole rings is 1. The molecule has 2 bridgehead atoms. The summed E-state index contributed by atoms with van der Waals surface area (Å²) in [6.45, 7) is 19.6. The topological polar surface area (TPSA) is 441 Å². The number of fused-ring (bicyclic) bond motifs is 5. The van der Waals surface area contributed by atoms with E-state index in [-0.39, 0.29) is 81.7 Å². The number of aromatic nitrogens is 5. The molecule has 9 rings (SSSR count). The maximum absolute atomic E-state index is 14.9. The van der Waals surface area contributed by atoms with Crippen molar-refractivity contribution in [3.05, 3.63) is 108 Å². The molecule has 3 fully saturated rings. The van der Waals surface area contributed by atoms with Crippen LogP contribution in [0.15, 0.2) is 101 Å². The molecule has 9 N–H and O–H groups in total. The number of carbonyl (C=O) groups is 6. The van der Waals surface area contributed by atoms with E-state index in [1.165, 1.54) is 18.3 Å². The van der Waals surface area contributed by atoms with Crippen molar-refractivity contribution in [2.24, 2.45) is 35.5 Å². The molecular weight excluding hydrogens is 1620 g/mol. The number of esters is 1. The van der Waals surface area contributed by atoms with Gasteiger partial charge in [0, 0.05) is 83.5 Å². The van der Waals surface area contributed by atoms with Gasteiger partial charge in [0.25, 0.3) is 17.7 Å². The van der Waals surface area contributed by atoms with Gasteiger partial charge in [0.2, 0.25) is 11.7 Å². The summed E-state index contributed by atoms with van der Waals surface area (Å²) in [6.07, 6.45) is 10.8. The Balaban J connectivity index is 0.596. The van der Waals surface area contributed by atoms with Crippen LogP contribution in [-0.2, 0) is 103 Å². The summed E-state index contributed by atoms with van der Waals surface area (Å²) in [5.41, 5.74) is 18.3. The molecule has 0 unspecified atom stereocenters. The summed E-state index contributed by atoms with van der Waals surface area (Å²) in [5, 5.41) is 46.1. The Bertz CT molecular complexity index is 4310. The zero-order valence-corrected chi connectivity index (χ0v) is 74.3. The van der Waals surface area contributed by atoms with E-state index < -0.39 is 108 Å². The average Bonchev–Trinajstić information content (AvgIpc) is 1.38. The van der Waals surface area contributed by atoms with E-state index in [1.807, 2.05) is 94.5 Å². The van der Waals surface area contributed by atoms with Gasteiger partial charge >= 0.3 is 12.1 Å². The molecule has 692 valence electrons. The highest BCUT2D eigenvalue weighted by atomic mass is 16.6. The third-order valence-corrected chi connectivity index (χ3v) is 23.6. The predicted octanol–water partition coefficient (Wildman–Crippen LogP) is 8.71. The molecule has 1 saturated carbocycles. The zero-order valence-electron chi connectivity index (χ0n) is 74.3. The van der Waals surface area contributed by atoms with Gasteiger partial charge in [0.05, 0.1) is 142 Å². The third kappa shape index (κ3) is 30.9. The van der Waals surface area contributed by atoms with Crippen molar-refractivity contribution in [2.75, 3.05) is 152 Å². The summed E-state index contributed by atoms with van der Waals surface area (Å²) in [6, 6.07) is 12.3. The van der Waals surface area contributed by atoms with Crippen LogP contribution in [0.4, 0.5) is 16.6 Å². The van der Waals surface area contributed by atoms with Crippen molar-refractivity contribution in [2.45, 2.75) is 206 Å². The molecule has 4 aliphatic rings. The van der Waals surface area contributed by atoms with E-state index in [0.29, 0.717) is 203 Å². The number of Topliss-reactive ketones (excluding diaryl/α,β-unsaturated/α-hetero) is 2. The molecule has 3 aliphatic heterocycles. The Hall–Kier alpha value is -8.56. The Morgan fingerprint density at radius 1 is 0.672 bits per heavy atom. The number of aliphatic hydroxyl groups is 3. The van der Waals surface area contributed by atoms with Gasteiger partial charge in [-0.1, -0.05) is 95.3 Å². The number of cyclic esters (lactones) is 1. The monoisotopic (exact) mass is 1750 g/mol. The molecule has 1 aliphatic carbocycles. The molecule has 34 nitrogen and oxygen atoms in total. The molecule has 5 aromatic rings. The predicted molar refractivity (Wildman–Crippen MR) is 464 cm³/mol. The standard InChI is InChI=1S/C91H134N10O24/c1-58-16-12-11-13-17-59(2)74(111-8)53-69-26-19-64(7)91(110,125-69)84(106)87(107)100-31-15-14-18-71(100)88(108)122-76(54-75(112-9)60(3)49-63(6)82(104)83(105)81(103)62(5)48-58)61(4)50-67-24-27-73(77(51-67)113-10)124-90(109)94-30-33-115-35-37-117-39-41-119-43-45-121-47-46-120-44-42-118-40-38-116-36-34-114-32-29-78(102)95-55-65-20-22-66(23-21-65)56-101-86-79(85(92)96-57-97-86)80(99-101)68-25-28-72-70(52-68)98-89(93)123-72/h11-13,16-17,20-23,25,28,49,52,57-58,60-62,64,67,69,71,73-77,82-83,104-105,110H,14-15,18-19,24,26-27,29-48,50-51,53-56H2,1-10H3,(H2,93,98)(H,94,109)(H,95,102)(H2,92,96,97)/b13-11?,16-12+,59-17?,63-49+/t58-,60-,61-,62-,64-,67+,69+,71+,73-,74+,75-,76+,77-,82-,83+,91-/m1/s1. The molecule has 16 atom stereocenters. The van der Waals surface area contributed by atoms with Gasteiger partial charge in [-0.05, 0) is 136 Å². The summed E-state index contributed by atoms with van der Waals surface area (Å²) in [7, 11) is 4.68. The van der Waals surface area contributed by atoms with Crippen LogP contribution in [0.25, 0.3) is 33.4 Å². The number of anilines is 2. The normalized spacial score (nSPS) is 26.6. The van der Waals surface area contributed by atoms with Crippen molar-refractivity contribution in [3.8, 4) is 11.3 Å². The van der Waals surface area contributed by atoms with E-state index in [1.54, 1.807) is 51.8 Å². The van der Waals surface area contributed by atoms with E-state index in [9.17, 15) is 44.1 Å². The number of nitrogen functional groups attached to an aromatic ring is 2. The number of nitrogens with two attached hydrogens (primary N) is 2. The van der Waals surface area contributed by atoms with Gasteiger partial charge in [-0.3, -0.25) is 19.2 Å². The second-order valence-electron chi connectivity index (χ2n) is 33.0. The van der Waals surface area contributed by atoms with Crippen molar-refractivity contribution < 1.29 is 115 Å². The number of allylic oxidation sites excluding steroid dienone is 5. The van der Waals surface area contributed by atoms with E-state index in [2.05, 4.69) is 25.6 Å². The number of methoxy groups -OCH3 is 3. The fraction of sp³-hybridized carbons (Fsp3) is 0.648. The zero-order chi connectivity index (χ0) is 89.8. The first-order chi connectivity index (χ1) is 60.3. The number of hydrogen-bond acceptors (Lipinski definition) is 30. The molecule has 2 aromatic carbocycles. The molecule has 2 saturated heterocycles. The minimum absolute atomic E-state index is 0.0315. The molecule has 125 heavy (non-hydrogen) atoms. The van der Waals surface area contributed by atoms with Gasteiger partial charge in [-0.25, -0.2) is 24.2 Å². The number of ketones is 2. The van der Waals surface area contributed by atoms with Crippen LogP contribution >= 0.6 is 0 Å². The lowest BCUT2D eigenvalue weighted by molar-refractivity contribution is -0.265. The largest absolute Gasteiger partial charge is 0.460 e. The van der Waals surface area contributed by atoms with Crippen molar-refractivity contribution in [1.29, 1.82) is 0 Å². The number of ether oxygens (including phenoxy) is 14. The van der Waals surface area contributed by atoms with Crippen LogP contribution in [0, 0.1) is 35.5 Å². The summed E-state index contributed by atoms with van der Waals surface area (Å²) in [5.74, 6) is -7.75. The minimum atomic E-state index is -2.46. The third-order valence-electron chi connectivity index (χ3n) is 23.6. The molecule has 3 aromatic heterocycles. The van der Waals surface area contributed by atoms with E-state index in [4.69, 9.17) is 87.3 Å². The smallest absolute Gasteiger partial charge is 0.407 e. The first-order valence-corrected chi connectivity index (χ1v) is 44.0. The molecule has 6 heterocycles. The molecular formula is C91H134N10O24. The summed E-state index contributed by atoms with van der Waals surface area (Å²) >= 11 is 0. The van der Waals surface area contributed by atoms with Crippen LogP contribution in [0.1, 0.15) is 143 Å². The molecule has 0 radical (unpaired) electrons. The molecule has 0 spiro atoms. The number of nitrogens with zero attached hydrogens (tertiary/aromatic N) is 6. The lowest BCUT2D eigenvalue weighted by atomic mass is 9.78. The second-order valence-corrected chi connectivity index (χ2v) is 33.0. The lowest BCUT2D eigenvalue weighted by Crippen LogP contribution is -2.61. The first kappa shape index (κ1) is 100. The minimum Gasteiger partial charge on any atom is -0.460 e. The van der Waals surface area contributed by atoms with Crippen molar-refractivity contribution in [1.82, 2.24) is 40.3 Å². The van der Waals surface area contributed by atoms with Crippen molar-refractivity contribution in [3.63, 3.8) is 0 Å². The SMILES string of the molecule is CO[C@H]1C[C@@H]2CC[C@@H](C)[C@@](O)(O2)C(=O)C(=O)N2CCCC[C@H]2C(=O)O[C@H]([C@H](C)C[C@@H]2CC[C@@H](OC(=O)NCCOCCOCCOCCOCCOCCOCCOCCOCCC(=O)NCc3ccc(Cn4nc(-c5ccc6oc(N)nc6c5)c5c(N)ncnc54)cc3)[C@H](OC)C2)C[C@@H](OC)[C@H](C)/C=C(\C)[C@@H](O)[C@@H](O)C(=O)[C@H](C)C[C@H](C)/C=C/C=CC=C1C. The number of amides is 3. The average molecular weight is 1750 g/mol. The Morgan fingerprint density at radius 2 is 1.31 bits per heavy atom. The Morgan fingerprint density at radius 3 is 1.96 bits per heavy atom. The fourth-order valence-electron chi connectivity index (χ4n) is 16.3. The Kier molecular flexibility index (Phi) is 41.7. The number of aliphatic hydroxyl groups excluding tert-OH is 2. The second kappa shape index (κ2) is 52.0. The van der Waals surface area contributed by atoms with Gasteiger partial charge < -0.3 is 113 Å². The van der Waals surface area contributed by atoms with E-state index >= 15 is 0 Å². The van der Waals surface area contributed by atoms with Gasteiger partial charge in [0.15, 0.2) is 17.0 Å². The molecule has 34 heteroatoms. The van der Waals surface area contributed by atoms with Crippen LogP contribution in [0.5, 0.6) is 0 Å². The fourth-order valence-corrected chi connectivity index (χ4v) is 16.3. The van der Waals surface area contributed by atoms with Crippen LogP contribution < -0.4 is 22.1 Å². The van der Waals surface area contributed by atoms with Crippen LogP contribution in [-0.4, -0.2) is 281 Å². The highest BCUT2D eigenvalue weighted by molar-refractivity contribution is 6.39. The molecule has 3 amide bonds. The van der Waals surface area contributed by atoms with Gasteiger partial charge in [0.1, 0.15) is 53.8 Å². The number of carbonyl (C=O) groups excluding carboxylic acids is 6. The van der Waals surface area contributed by atoms with Crippen LogP contribution in [0.3, 0.4) is 0 Å². The number of hydrogen-bond donors (Lipinski definition) is 7. The number of nitrogens with one attached hydrogen (secondary N) is 2. The first-order valence-electron chi connectivity index (χ1n) is 44.0. The lowest BCUT2D eigenvalue weighted by Gasteiger charge is -2.43. The van der Waals surface area contributed by atoms with Crippen LogP contribution in [0.2, 0.25) is 0 Å². The number of alkyl carbamates (subject to hydrolysis) is 1. The number of rotatable bonds is 39. The quantitative estimate of drug-likeness (QED) is 0.00836. The highest BCUT2D eigenvalue weighted by Crippen LogP contribution is 2.40. The van der Waals surface area contributed by atoms with Gasteiger partial charge in [-0.2, -0.15) is 10.1 Å². The summed E-state index contributed by atoms with van der Waals surface area (Å²) < 4.78 is 88.7. The maximum Gasteiger partial charge on any atom is 0.407 e. The maximum atomic E-state index is 14.9. The van der Waals surface area contributed by atoms with Gasteiger partial charge in [-0.15, -0.1) is 0 Å². The summed E-state index contributed by atoms with van der Waals surface area (Å²) in [4.78, 5) is 97.4. The highest BCUT2D eigenvalue weighted by Gasteiger charge is 2.53. The number of piperidine rings is 1.